The van der Waals surface area contributed by atoms with E-state index in [1.165, 1.54) is 12.1 Å². The van der Waals surface area contributed by atoms with Crippen LogP contribution in [0, 0.1) is 0 Å². The van der Waals surface area contributed by atoms with Crippen molar-refractivity contribution in [1.29, 1.82) is 0 Å². The zero-order chi connectivity index (χ0) is 13.0. The second-order valence-corrected chi connectivity index (χ2v) is 4.95. The molecule has 1 aromatic carbocycles. The van der Waals surface area contributed by atoms with Gasteiger partial charge < -0.3 is 15.0 Å². The second-order valence-electron chi connectivity index (χ2n) is 4.95. The first-order valence-corrected chi connectivity index (χ1v) is 6.97. The molecule has 3 heteroatoms. The molecule has 1 aromatic rings. The van der Waals surface area contributed by atoms with Crippen molar-refractivity contribution in [1.82, 2.24) is 5.32 Å². The number of benzene rings is 1. The van der Waals surface area contributed by atoms with Crippen molar-refractivity contribution in [3.05, 3.63) is 24.3 Å². The number of hydrogen-bond acceptors (Lipinski definition) is 3. The Labute approximate surface area is 110 Å². The third kappa shape index (κ3) is 2.96. The van der Waals surface area contributed by atoms with Crippen LogP contribution >= 0.6 is 0 Å². The maximum atomic E-state index is 5.49. The molecule has 0 spiro atoms. The number of piperazine rings is 1. The summed E-state index contributed by atoms with van der Waals surface area (Å²) in [7, 11) is 0. The van der Waals surface area contributed by atoms with Crippen molar-refractivity contribution in [3.8, 4) is 5.75 Å². The Bertz CT molecular complexity index is 363. The van der Waals surface area contributed by atoms with E-state index in [9.17, 15) is 0 Å². The van der Waals surface area contributed by atoms with Crippen LogP contribution in [0.3, 0.4) is 0 Å². The molecule has 0 amide bonds. The molecular formula is C15H24N2O. The normalized spacial score (nSPS) is 24.1. The quantitative estimate of drug-likeness (QED) is 0.886. The van der Waals surface area contributed by atoms with Crippen LogP contribution in [-0.2, 0) is 0 Å². The first kappa shape index (κ1) is 13.2. The number of hydrogen-bond donors (Lipinski definition) is 1. The summed E-state index contributed by atoms with van der Waals surface area (Å²) in [6.07, 6.45) is 1.17. The number of ether oxygens (including phenoxy) is 1. The summed E-state index contributed by atoms with van der Waals surface area (Å²) < 4.78 is 5.49. The number of anilines is 1. The summed E-state index contributed by atoms with van der Waals surface area (Å²) in [5.74, 6) is 0.956. The molecule has 1 fully saturated rings. The van der Waals surface area contributed by atoms with Gasteiger partial charge in [-0.25, -0.2) is 0 Å². The van der Waals surface area contributed by atoms with E-state index >= 15 is 0 Å². The fourth-order valence-electron chi connectivity index (χ4n) is 2.54. The van der Waals surface area contributed by atoms with Crippen molar-refractivity contribution in [2.75, 3.05) is 24.6 Å². The topological polar surface area (TPSA) is 24.5 Å². The van der Waals surface area contributed by atoms with E-state index in [0.29, 0.717) is 12.1 Å². The van der Waals surface area contributed by atoms with Crippen LogP contribution in [0.25, 0.3) is 0 Å². The molecule has 1 aliphatic rings. The van der Waals surface area contributed by atoms with Crippen LogP contribution < -0.4 is 15.0 Å². The lowest BCUT2D eigenvalue weighted by molar-refractivity contribution is 0.340. The molecule has 1 saturated heterocycles. The van der Waals surface area contributed by atoms with Crippen molar-refractivity contribution in [3.63, 3.8) is 0 Å². The largest absolute Gasteiger partial charge is 0.494 e. The fourth-order valence-corrected chi connectivity index (χ4v) is 2.54. The molecule has 2 atom stereocenters. The smallest absolute Gasteiger partial charge is 0.119 e. The number of rotatable bonds is 4. The van der Waals surface area contributed by atoms with E-state index in [-0.39, 0.29) is 0 Å². The Morgan fingerprint density at radius 1 is 1.28 bits per heavy atom. The monoisotopic (exact) mass is 248 g/mol. The molecule has 2 unspecified atom stereocenters. The van der Waals surface area contributed by atoms with Gasteiger partial charge in [-0.05, 0) is 44.5 Å². The van der Waals surface area contributed by atoms with E-state index in [1.807, 2.05) is 6.92 Å². The molecular weight excluding hydrogens is 224 g/mol. The third-order valence-electron chi connectivity index (χ3n) is 3.56. The molecule has 0 aromatic heterocycles. The second kappa shape index (κ2) is 6.10. The molecule has 0 saturated carbocycles. The summed E-state index contributed by atoms with van der Waals surface area (Å²) in [4.78, 5) is 2.51. The predicted octanol–water partition coefficient (Wildman–Crippen LogP) is 2.66. The molecule has 0 radical (unpaired) electrons. The molecule has 1 N–H and O–H groups in total. The standard InChI is InChI=1S/C15H24N2O/c1-4-13-10-16-12(3)11-17(13)14-6-8-15(9-7-14)18-5-2/h6-9,12-13,16H,4-5,10-11H2,1-3H3. The van der Waals surface area contributed by atoms with Gasteiger partial charge in [-0.15, -0.1) is 0 Å². The maximum absolute atomic E-state index is 5.49. The fraction of sp³-hybridized carbons (Fsp3) is 0.600. The number of nitrogens with one attached hydrogen (secondary N) is 1. The third-order valence-corrected chi connectivity index (χ3v) is 3.56. The highest BCUT2D eigenvalue weighted by molar-refractivity contribution is 5.50. The lowest BCUT2D eigenvalue weighted by Crippen LogP contribution is -2.55. The lowest BCUT2D eigenvalue weighted by atomic mass is 10.1. The Hall–Kier alpha value is -1.22. The highest BCUT2D eigenvalue weighted by Crippen LogP contribution is 2.24. The average Bonchev–Trinajstić information content (AvgIpc) is 2.40. The van der Waals surface area contributed by atoms with E-state index in [4.69, 9.17) is 4.74 Å². The minimum atomic E-state index is 0.555. The van der Waals surface area contributed by atoms with E-state index in [2.05, 4.69) is 48.3 Å². The Morgan fingerprint density at radius 3 is 2.61 bits per heavy atom. The van der Waals surface area contributed by atoms with Crippen LogP contribution in [0.5, 0.6) is 5.75 Å². The van der Waals surface area contributed by atoms with Gasteiger partial charge in [-0.2, -0.15) is 0 Å². The van der Waals surface area contributed by atoms with Gasteiger partial charge in [0.2, 0.25) is 0 Å². The van der Waals surface area contributed by atoms with Crippen LogP contribution in [0.2, 0.25) is 0 Å². The summed E-state index contributed by atoms with van der Waals surface area (Å²) in [5.41, 5.74) is 1.30. The SMILES string of the molecule is CCOc1ccc(N2CC(C)NCC2CC)cc1. The van der Waals surface area contributed by atoms with Gasteiger partial charge in [0.05, 0.1) is 6.61 Å². The van der Waals surface area contributed by atoms with Gasteiger partial charge in [0, 0.05) is 30.9 Å². The van der Waals surface area contributed by atoms with E-state index in [0.717, 1.165) is 25.4 Å². The first-order chi connectivity index (χ1) is 8.74. The van der Waals surface area contributed by atoms with Gasteiger partial charge in [0.1, 0.15) is 5.75 Å². The Morgan fingerprint density at radius 2 is 2.00 bits per heavy atom. The molecule has 18 heavy (non-hydrogen) atoms. The van der Waals surface area contributed by atoms with Crippen LogP contribution in [0.15, 0.2) is 24.3 Å². The zero-order valence-corrected chi connectivity index (χ0v) is 11.6. The zero-order valence-electron chi connectivity index (χ0n) is 11.6. The van der Waals surface area contributed by atoms with Gasteiger partial charge in [-0.3, -0.25) is 0 Å². The molecule has 1 heterocycles. The minimum absolute atomic E-state index is 0.555. The molecule has 100 valence electrons. The first-order valence-electron chi connectivity index (χ1n) is 6.97. The molecule has 0 bridgehead atoms. The molecule has 0 aliphatic carbocycles. The molecule has 3 nitrogen and oxygen atoms in total. The van der Waals surface area contributed by atoms with Gasteiger partial charge in [0.25, 0.3) is 0 Å². The van der Waals surface area contributed by atoms with Gasteiger partial charge >= 0.3 is 0 Å². The van der Waals surface area contributed by atoms with Gasteiger partial charge in [-0.1, -0.05) is 6.92 Å². The van der Waals surface area contributed by atoms with Gasteiger partial charge in [0.15, 0.2) is 0 Å². The summed E-state index contributed by atoms with van der Waals surface area (Å²) in [6.45, 7) is 9.38. The Kier molecular flexibility index (Phi) is 4.48. The van der Waals surface area contributed by atoms with E-state index in [1.54, 1.807) is 0 Å². The number of nitrogens with zero attached hydrogens (tertiary/aromatic N) is 1. The highest BCUT2D eigenvalue weighted by Gasteiger charge is 2.24. The molecule has 2 rings (SSSR count). The summed E-state index contributed by atoms with van der Waals surface area (Å²) in [6, 6.07) is 9.63. The van der Waals surface area contributed by atoms with Crippen molar-refractivity contribution in [2.45, 2.75) is 39.3 Å². The summed E-state index contributed by atoms with van der Waals surface area (Å²) in [5, 5.41) is 3.55. The summed E-state index contributed by atoms with van der Waals surface area (Å²) >= 11 is 0. The van der Waals surface area contributed by atoms with Crippen LogP contribution in [0.1, 0.15) is 27.2 Å². The minimum Gasteiger partial charge on any atom is -0.494 e. The Balaban J connectivity index is 2.12. The average molecular weight is 248 g/mol. The predicted molar refractivity (Wildman–Crippen MR) is 76.5 cm³/mol. The highest BCUT2D eigenvalue weighted by atomic mass is 16.5. The van der Waals surface area contributed by atoms with Crippen molar-refractivity contribution >= 4 is 5.69 Å². The van der Waals surface area contributed by atoms with Crippen molar-refractivity contribution < 1.29 is 4.74 Å². The van der Waals surface area contributed by atoms with E-state index < -0.39 is 0 Å². The van der Waals surface area contributed by atoms with Crippen LogP contribution in [0.4, 0.5) is 5.69 Å². The van der Waals surface area contributed by atoms with Crippen LogP contribution in [-0.4, -0.2) is 31.8 Å². The lowest BCUT2D eigenvalue weighted by Gasteiger charge is -2.40. The maximum Gasteiger partial charge on any atom is 0.119 e. The molecule has 1 aliphatic heterocycles. The van der Waals surface area contributed by atoms with Crippen molar-refractivity contribution in [2.24, 2.45) is 0 Å².